The lowest BCUT2D eigenvalue weighted by atomic mass is 9.82. The van der Waals surface area contributed by atoms with E-state index in [1.54, 1.807) is 18.5 Å². The van der Waals surface area contributed by atoms with Crippen molar-refractivity contribution in [3.8, 4) is 0 Å². The quantitative estimate of drug-likeness (QED) is 0.810. The minimum absolute atomic E-state index is 0.0176. The van der Waals surface area contributed by atoms with Gasteiger partial charge in [0.1, 0.15) is 0 Å². The van der Waals surface area contributed by atoms with E-state index in [-0.39, 0.29) is 11.8 Å². The molecule has 1 amide bonds. The number of hydrogen-bond donors (Lipinski definition) is 2. The van der Waals surface area contributed by atoms with Crippen molar-refractivity contribution in [1.82, 2.24) is 20.3 Å². The van der Waals surface area contributed by atoms with Crippen LogP contribution in [0.25, 0.3) is 0 Å². The van der Waals surface area contributed by atoms with Crippen LogP contribution in [0.5, 0.6) is 0 Å². The van der Waals surface area contributed by atoms with Crippen LogP contribution in [0.4, 0.5) is 5.95 Å². The van der Waals surface area contributed by atoms with Crippen LogP contribution < -0.4 is 10.9 Å². The van der Waals surface area contributed by atoms with Crippen LogP contribution >= 0.6 is 0 Å². The third kappa shape index (κ3) is 3.85. The zero-order valence-corrected chi connectivity index (χ0v) is 14.9. The van der Waals surface area contributed by atoms with Crippen molar-refractivity contribution in [3.05, 3.63) is 53.9 Å². The molecule has 0 spiro atoms. The topological polar surface area (TPSA) is 70.1 Å². The SMILES string of the molecule is O=C(NNc1ncccn1)C1CCN(CC2CCCc3ccccc32)C1. The molecular weight excluding hydrogens is 326 g/mol. The van der Waals surface area contributed by atoms with Gasteiger partial charge in [-0.1, -0.05) is 24.3 Å². The van der Waals surface area contributed by atoms with Crippen molar-refractivity contribution >= 4 is 11.9 Å². The summed E-state index contributed by atoms with van der Waals surface area (Å²) in [5.74, 6) is 1.04. The predicted molar refractivity (Wildman–Crippen MR) is 100 cm³/mol. The van der Waals surface area contributed by atoms with Gasteiger partial charge < -0.3 is 4.90 Å². The molecule has 0 saturated carbocycles. The second kappa shape index (κ2) is 7.83. The van der Waals surface area contributed by atoms with Gasteiger partial charge in [-0.3, -0.25) is 15.6 Å². The van der Waals surface area contributed by atoms with Crippen LogP contribution in [0, 0.1) is 5.92 Å². The predicted octanol–water partition coefficient (Wildman–Crippen LogP) is 2.36. The molecule has 26 heavy (non-hydrogen) atoms. The number of aromatic nitrogens is 2. The van der Waals surface area contributed by atoms with Crippen molar-refractivity contribution < 1.29 is 4.79 Å². The van der Waals surface area contributed by atoms with Crippen LogP contribution in [0.2, 0.25) is 0 Å². The van der Waals surface area contributed by atoms with E-state index < -0.39 is 0 Å². The number of carbonyl (C=O) groups is 1. The third-order valence-electron chi connectivity index (χ3n) is 5.48. The maximum absolute atomic E-state index is 12.4. The van der Waals surface area contributed by atoms with Crippen molar-refractivity contribution in [3.63, 3.8) is 0 Å². The Bertz CT molecular complexity index is 751. The summed E-state index contributed by atoms with van der Waals surface area (Å²) in [5, 5.41) is 0. The average Bonchev–Trinajstić information content (AvgIpc) is 3.16. The number of hydrazine groups is 1. The van der Waals surface area contributed by atoms with Crippen molar-refractivity contribution in [1.29, 1.82) is 0 Å². The van der Waals surface area contributed by atoms with Gasteiger partial charge in [-0.05, 0) is 55.3 Å². The second-order valence-corrected chi connectivity index (χ2v) is 7.22. The van der Waals surface area contributed by atoms with Gasteiger partial charge in [0.25, 0.3) is 0 Å². The molecule has 2 N–H and O–H groups in total. The van der Waals surface area contributed by atoms with Crippen molar-refractivity contribution in [2.24, 2.45) is 5.92 Å². The van der Waals surface area contributed by atoms with Crippen LogP contribution in [0.3, 0.4) is 0 Å². The number of anilines is 1. The Morgan fingerprint density at radius 1 is 1.15 bits per heavy atom. The van der Waals surface area contributed by atoms with Crippen LogP contribution in [0.15, 0.2) is 42.7 Å². The molecule has 1 aromatic carbocycles. The van der Waals surface area contributed by atoms with Gasteiger partial charge in [-0.15, -0.1) is 0 Å². The summed E-state index contributed by atoms with van der Waals surface area (Å²) >= 11 is 0. The summed E-state index contributed by atoms with van der Waals surface area (Å²) in [6.07, 6.45) is 7.89. The standard InChI is InChI=1S/C20H25N5O/c26-19(23-24-20-21-10-4-11-22-20)17-9-12-25(14-17)13-16-7-3-6-15-5-1-2-8-18(15)16/h1-2,4-5,8,10-11,16-17H,3,6-7,9,12-14H2,(H,23,26)(H,21,22,24). The normalized spacial score (nSPS) is 22.6. The molecule has 1 fully saturated rings. The molecule has 2 aliphatic rings. The molecule has 6 heteroatoms. The Morgan fingerprint density at radius 2 is 2.00 bits per heavy atom. The molecule has 2 unspecified atom stereocenters. The maximum Gasteiger partial charge on any atom is 0.242 e. The van der Waals surface area contributed by atoms with E-state index in [2.05, 4.69) is 50.0 Å². The molecular formula is C20H25N5O. The molecule has 0 bridgehead atoms. The highest BCUT2D eigenvalue weighted by Crippen LogP contribution is 2.33. The van der Waals surface area contributed by atoms with Gasteiger partial charge in [-0.25, -0.2) is 9.97 Å². The van der Waals surface area contributed by atoms with Gasteiger partial charge >= 0.3 is 0 Å². The third-order valence-corrected chi connectivity index (χ3v) is 5.48. The zero-order chi connectivity index (χ0) is 17.8. The summed E-state index contributed by atoms with van der Waals surface area (Å²) in [4.78, 5) is 22.9. The van der Waals surface area contributed by atoms with E-state index in [4.69, 9.17) is 0 Å². The Morgan fingerprint density at radius 3 is 2.88 bits per heavy atom. The molecule has 2 aromatic rings. The highest BCUT2D eigenvalue weighted by atomic mass is 16.2. The Labute approximate surface area is 154 Å². The fourth-order valence-corrected chi connectivity index (χ4v) is 4.15. The summed E-state index contributed by atoms with van der Waals surface area (Å²) in [6, 6.07) is 10.6. The summed E-state index contributed by atoms with van der Waals surface area (Å²) in [7, 11) is 0. The molecule has 6 nitrogen and oxygen atoms in total. The first kappa shape index (κ1) is 17.0. The van der Waals surface area contributed by atoms with E-state index in [0.717, 1.165) is 26.1 Å². The second-order valence-electron chi connectivity index (χ2n) is 7.22. The van der Waals surface area contributed by atoms with Crippen molar-refractivity contribution in [2.75, 3.05) is 25.1 Å². The molecule has 2 atom stereocenters. The first-order valence-corrected chi connectivity index (χ1v) is 9.42. The van der Waals surface area contributed by atoms with E-state index >= 15 is 0 Å². The van der Waals surface area contributed by atoms with Crippen molar-refractivity contribution in [2.45, 2.75) is 31.6 Å². The molecule has 0 radical (unpaired) electrons. The lowest BCUT2D eigenvalue weighted by Gasteiger charge is -2.29. The van der Waals surface area contributed by atoms with E-state index in [0.29, 0.717) is 11.9 Å². The van der Waals surface area contributed by atoms with E-state index in [1.807, 2.05) is 0 Å². The molecule has 1 aromatic heterocycles. The highest BCUT2D eigenvalue weighted by Gasteiger charge is 2.31. The van der Waals surface area contributed by atoms with Gasteiger partial charge in [0.15, 0.2) is 0 Å². The molecule has 2 heterocycles. The largest absolute Gasteiger partial charge is 0.302 e. The number of nitrogens with zero attached hydrogens (tertiary/aromatic N) is 3. The Balaban J connectivity index is 1.29. The number of hydrogen-bond acceptors (Lipinski definition) is 5. The number of amides is 1. The molecule has 136 valence electrons. The molecule has 1 aliphatic carbocycles. The van der Waals surface area contributed by atoms with Gasteiger partial charge in [0.05, 0.1) is 5.92 Å². The average molecular weight is 351 g/mol. The fraction of sp³-hybridized carbons (Fsp3) is 0.450. The minimum Gasteiger partial charge on any atom is -0.302 e. The summed E-state index contributed by atoms with van der Waals surface area (Å²) in [5.41, 5.74) is 8.54. The van der Waals surface area contributed by atoms with Crippen LogP contribution in [-0.4, -0.2) is 40.4 Å². The molecule has 1 aliphatic heterocycles. The number of rotatable bonds is 5. The first-order chi connectivity index (χ1) is 12.8. The zero-order valence-electron chi connectivity index (χ0n) is 14.9. The number of carbonyl (C=O) groups excluding carboxylic acids is 1. The number of benzene rings is 1. The Kier molecular flexibility index (Phi) is 5.11. The number of likely N-dealkylation sites (tertiary alicyclic amines) is 1. The molecule has 1 saturated heterocycles. The van der Waals surface area contributed by atoms with Gasteiger partial charge in [-0.2, -0.15) is 0 Å². The summed E-state index contributed by atoms with van der Waals surface area (Å²) in [6.45, 7) is 2.86. The number of nitrogens with one attached hydrogen (secondary N) is 2. The van der Waals surface area contributed by atoms with E-state index in [9.17, 15) is 4.79 Å². The van der Waals surface area contributed by atoms with Crippen LogP contribution in [0.1, 0.15) is 36.3 Å². The minimum atomic E-state index is 0.0176. The lowest BCUT2D eigenvalue weighted by molar-refractivity contribution is -0.124. The van der Waals surface area contributed by atoms with Gasteiger partial charge in [0.2, 0.25) is 11.9 Å². The van der Waals surface area contributed by atoms with E-state index in [1.165, 1.54) is 30.4 Å². The Hall–Kier alpha value is -2.47. The molecule has 4 rings (SSSR count). The fourth-order valence-electron chi connectivity index (χ4n) is 4.15. The van der Waals surface area contributed by atoms with Crippen LogP contribution in [-0.2, 0) is 11.2 Å². The first-order valence-electron chi connectivity index (χ1n) is 9.42. The highest BCUT2D eigenvalue weighted by molar-refractivity contribution is 5.80. The maximum atomic E-state index is 12.4. The smallest absolute Gasteiger partial charge is 0.242 e. The lowest BCUT2D eigenvalue weighted by Crippen LogP contribution is -2.37. The number of aryl methyl sites for hydroxylation is 1. The monoisotopic (exact) mass is 351 g/mol. The number of fused-ring (bicyclic) bond motifs is 1. The van der Waals surface area contributed by atoms with Gasteiger partial charge in [0, 0.05) is 25.5 Å². The summed E-state index contributed by atoms with van der Waals surface area (Å²) < 4.78 is 0.